The van der Waals surface area contributed by atoms with Gasteiger partial charge in [-0.3, -0.25) is 19.5 Å². The number of rotatable bonds is 3. The Kier molecular flexibility index (Phi) is 3.19. The number of likely N-dealkylation sites (tertiary alicyclic amines) is 1. The molecule has 2 rings (SSSR count). The van der Waals surface area contributed by atoms with E-state index in [0.29, 0.717) is 13.0 Å². The standard InChI is InChI=1S/C12H15N3O2/c1-8-5-11(16)15(12(8)17)7-9-3-2-4-14-10(9)6-13/h2-4,8H,5-7,13H2,1H3. The van der Waals surface area contributed by atoms with E-state index in [2.05, 4.69) is 4.98 Å². The Morgan fingerprint density at radius 1 is 1.53 bits per heavy atom. The topological polar surface area (TPSA) is 76.3 Å². The van der Waals surface area contributed by atoms with Crippen molar-refractivity contribution in [3.8, 4) is 0 Å². The Balaban J connectivity index is 2.21. The Hall–Kier alpha value is -1.75. The summed E-state index contributed by atoms with van der Waals surface area (Å²) in [4.78, 5) is 28.9. The molecule has 0 bridgehead atoms. The summed E-state index contributed by atoms with van der Waals surface area (Å²) in [6.07, 6.45) is 1.96. The molecule has 1 aliphatic rings. The van der Waals surface area contributed by atoms with E-state index in [4.69, 9.17) is 5.73 Å². The van der Waals surface area contributed by atoms with E-state index in [1.807, 2.05) is 6.07 Å². The predicted octanol–water partition coefficient (Wildman–Crippen LogP) is 0.435. The molecule has 1 aliphatic heterocycles. The number of amides is 2. The zero-order chi connectivity index (χ0) is 12.4. The van der Waals surface area contributed by atoms with Gasteiger partial charge < -0.3 is 5.73 Å². The third-order valence-electron chi connectivity index (χ3n) is 2.98. The number of aromatic nitrogens is 1. The van der Waals surface area contributed by atoms with Crippen molar-refractivity contribution in [2.75, 3.05) is 0 Å². The summed E-state index contributed by atoms with van der Waals surface area (Å²) in [6, 6.07) is 3.63. The number of imide groups is 1. The lowest BCUT2D eigenvalue weighted by atomic mass is 10.1. The zero-order valence-electron chi connectivity index (χ0n) is 9.72. The first-order valence-electron chi connectivity index (χ1n) is 5.60. The van der Waals surface area contributed by atoms with E-state index in [0.717, 1.165) is 11.3 Å². The van der Waals surface area contributed by atoms with E-state index in [1.165, 1.54) is 4.90 Å². The highest BCUT2D eigenvalue weighted by Gasteiger charge is 2.35. The molecule has 1 aromatic rings. The van der Waals surface area contributed by atoms with E-state index in [1.54, 1.807) is 19.2 Å². The molecule has 2 heterocycles. The minimum absolute atomic E-state index is 0.109. The number of hydrogen-bond acceptors (Lipinski definition) is 4. The fourth-order valence-corrected chi connectivity index (χ4v) is 1.98. The van der Waals surface area contributed by atoms with Gasteiger partial charge in [-0.1, -0.05) is 13.0 Å². The highest BCUT2D eigenvalue weighted by molar-refractivity contribution is 6.03. The molecule has 5 nitrogen and oxygen atoms in total. The third kappa shape index (κ3) is 2.19. The fraction of sp³-hybridized carbons (Fsp3) is 0.417. The molecule has 1 saturated heterocycles. The lowest BCUT2D eigenvalue weighted by Crippen LogP contribution is -2.30. The van der Waals surface area contributed by atoms with Gasteiger partial charge in [0.2, 0.25) is 11.8 Å². The number of nitrogens with zero attached hydrogens (tertiary/aromatic N) is 2. The van der Waals surface area contributed by atoms with E-state index in [-0.39, 0.29) is 24.3 Å². The van der Waals surface area contributed by atoms with Gasteiger partial charge in [0.1, 0.15) is 0 Å². The summed E-state index contributed by atoms with van der Waals surface area (Å²) < 4.78 is 0. The molecular formula is C12H15N3O2. The van der Waals surface area contributed by atoms with E-state index < -0.39 is 0 Å². The lowest BCUT2D eigenvalue weighted by Gasteiger charge is -2.15. The normalized spacial score (nSPS) is 20.1. The first kappa shape index (κ1) is 11.7. The lowest BCUT2D eigenvalue weighted by molar-refractivity contribution is -0.139. The highest BCUT2D eigenvalue weighted by atomic mass is 16.2. The zero-order valence-corrected chi connectivity index (χ0v) is 9.72. The number of hydrogen-bond donors (Lipinski definition) is 1. The molecule has 90 valence electrons. The van der Waals surface area contributed by atoms with Gasteiger partial charge in [0.25, 0.3) is 0 Å². The maximum atomic E-state index is 11.8. The highest BCUT2D eigenvalue weighted by Crippen LogP contribution is 2.21. The molecule has 1 atom stereocenters. The second kappa shape index (κ2) is 4.63. The maximum Gasteiger partial charge on any atom is 0.232 e. The van der Waals surface area contributed by atoms with E-state index in [9.17, 15) is 9.59 Å². The minimum atomic E-state index is -0.208. The summed E-state index contributed by atoms with van der Waals surface area (Å²) in [5.74, 6) is -0.434. The fourth-order valence-electron chi connectivity index (χ4n) is 1.98. The van der Waals surface area contributed by atoms with Crippen molar-refractivity contribution in [1.29, 1.82) is 0 Å². The second-order valence-electron chi connectivity index (χ2n) is 4.24. The van der Waals surface area contributed by atoms with Crippen molar-refractivity contribution < 1.29 is 9.59 Å². The number of carbonyl (C=O) groups excluding carboxylic acids is 2. The number of pyridine rings is 1. The molecule has 1 fully saturated rings. The molecule has 1 aromatic heterocycles. The van der Waals surface area contributed by atoms with Crippen LogP contribution in [0, 0.1) is 5.92 Å². The first-order valence-corrected chi connectivity index (χ1v) is 5.60. The molecule has 0 saturated carbocycles. The quantitative estimate of drug-likeness (QED) is 0.768. The van der Waals surface area contributed by atoms with Crippen LogP contribution in [0.4, 0.5) is 0 Å². The molecule has 0 radical (unpaired) electrons. The largest absolute Gasteiger partial charge is 0.325 e. The predicted molar refractivity (Wildman–Crippen MR) is 61.5 cm³/mol. The van der Waals surface area contributed by atoms with Crippen LogP contribution in [-0.2, 0) is 22.7 Å². The molecule has 1 unspecified atom stereocenters. The van der Waals surface area contributed by atoms with Crippen molar-refractivity contribution in [3.05, 3.63) is 29.6 Å². The average molecular weight is 233 g/mol. The molecule has 2 amide bonds. The molecule has 0 aliphatic carbocycles. The van der Waals surface area contributed by atoms with Gasteiger partial charge >= 0.3 is 0 Å². The SMILES string of the molecule is CC1CC(=O)N(Cc2cccnc2CN)C1=O. The second-order valence-corrected chi connectivity index (χ2v) is 4.24. The van der Waals surface area contributed by atoms with Crippen LogP contribution >= 0.6 is 0 Å². The van der Waals surface area contributed by atoms with Crippen molar-refractivity contribution in [2.45, 2.75) is 26.4 Å². The number of nitrogens with two attached hydrogens (primary N) is 1. The molecule has 2 N–H and O–H groups in total. The van der Waals surface area contributed by atoms with Gasteiger partial charge in [-0.15, -0.1) is 0 Å². The van der Waals surface area contributed by atoms with Gasteiger partial charge in [0, 0.05) is 25.1 Å². The molecule has 5 heteroatoms. The Bertz CT molecular complexity index is 459. The molecule has 0 spiro atoms. The molecule has 0 aromatic carbocycles. The van der Waals surface area contributed by atoms with Crippen LogP contribution in [0.2, 0.25) is 0 Å². The molecule has 17 heavy (non-hydrogen) atoms. The van der Waals surface area contributed by atoms with Crippen molar-refractivity contribution >= 4 is 11.8 Å². The van der Waals surface area contributed by atoms with Crippen molar-refractivity contribution in [2.24, 2.45) is 11.7 Å². The summed E-state index contributed by atoms with van der Waals surface area (Å²) >= 11 is 0. The van der Waals surface area contributed by atoms with Crippen LogP contribution in [0.25, 0.3) is 0 Å². The molecular weight excluding hydrogens is 218 g/mol. The monoisotopic (exact) mass is 233 g/mol. The maximum absolute atomic E-state index is 11.8. The van der Waals surface area contributed by atoms with Crippen LogP contribution < -0.4 is 5.73 Å². The van der Waals surface area contributed by atoms with Gasteiger partial charge in [-0.05, 0) is 11.6 Å². The summed E-state index contributed by atoms with van der Waals surface area (Å²) in [5, 5.41) is 0. The smallest absolute Gasteiger partial charge is 0.232 e. The van der Waals surface area contributed by atoms with Gasteiger partial charge in [-0.2, -0.15) is 0 Å². The summed E-state index contributed by atoms with van der Waals surface area (Å²) in [5.41, 5.74) is 7.14. The van der Waals surface area contributed by atoms with Crippen LogP contribution in [0.5, 0.6) is 0 Å². The van der Waals surface area contributed by atoms with Crippen LogP contribution in [0.3, 0.4) is 0 Å². The Labute approximate surface area is 99.6 Å². The van der Waals surface area contributed by atoms with Gasteiger partial charge in [0.15, 0.2) is 0 Å². The average Bonchev–Trinajstić information content (AvgIpc) is 2.57. The Morgan fingerprint density at radius 3 is 2.88 bits per heavy atom. The van der Waals surface area contributed by atoms with Gasteiger partial charge in [-0.25, -0.2) is 0 Å². The number of carbonyl (C=O) groups is 2. The minimum Gasteiger partial charge on any atom is -0.325 e. The van der Waals surface area contributed by atoms with E-state index >= 15 is 0 Å². The summed E-state index contributed by atoms with van der Waals surface area (Å²) in [6.45, 7) is 2.36. The Morgan fingerprint density at radius 2 is 2.29 bits per heavy atom. The van der Waals surface area contributed by atoms with Crippen molar-refractivity contribution in [1.82, 2.24) is 9.88 Å². The van der Waals surface area contributed by atoms with Crippen LogP contribution in [0.1, 0.15) is 24.6 Å². The van der Waals surface area contributed by atoms with Gasteiger partial charge in [0.05, 0.1) is 12.2 Å². The first-order chi connectivity index (χ1) is 8.13. The van der Waals surface area contributed by atoms with Crippen LogP contribution in [-0.4, -0.2) is 21.7 Å². The van der Waals surface area contributed by atoms with Crippen molar-refractivity contribution in [3.63, 3.8) is 0 Å². The third-order valence-corrected chi connectivity index (χ3v) is 2.98. The summed E-state index contributed by atoms with van der Waals surface area (Å²) in [7, 11) is 0. The van der Waals surface area contributed by atoms with Crippen LogP contribution in [0.15, 0.2) is 18.3 Å².